The van der Waals surface area contributed by atoms with Crippen LogP contribution in [0.2, 0.25) is 0 Å². The van der Waals surface area contributed by atoms with E-state index in [1.54, 1.807) is 6.92 Å². The minimum absolute atomic E-state index is 0.0386. The Kier molecular flexibility index (Phi) is 3.02. The van der Waals surface area contributed by atoms with E-state index in [0.717, 1.165) is 10.9 Å². The van der Waals surface area contributed by atoms with Crippen LogP contribution < -0.4 is 11.2 Å². The molecule has 3 heterocycles. The fraction of sp³-hybridized carbons (Fsp3) is 0.118. The van der Waals surface area contributed by atoms with Crippen LogP contribution in [0.4, 0.5) is 5.82 Å². The van der Waals surface area contributed by atoms with Crippen LogP contribution in [0.3, 0.4) is 0 Å². The Morgan fingerprint density at radius 1 is 1.33 bits per heavy atom. The smallest absolute Gasteiger partial charge is 0.341 e. The summed E-state index contributed by atoms with van der Waals surface area (Å²) in [5, 5.41) is 0.952. The minimum Gasteiger partial charge on any atom is -0.462 e. The second-order valence-corrected chi connectivity index (χ2v) is 5.30. The molecule has 0 amide bonds. The summed E-state index contributed by atoms with van der Waals surface area (Å²) in [6, 6.07) is 8.77. The molecule has 0 bridgehead atoms. The molecule has 1 aromatic carbocycles. The molecule has 7 heteroatoms. The van der Waals surface area contributed by atoms with Gasteiger partial charge in [-0.25, -0.2) is 4.79 Å². The Balaban J connectivity index is 2.09. The number of aromatic nitrogens is 2. The molecule has 7 nitrogen and oxygen atoms in total. The van der Waals surface area contributed by atoms with Crippen LogP contribution in [0.15, 0.2) is 39.5 Å². The Morgan fingerprint density at radius 2 is 2.12 bits per heavy atom. The number of nitrogens with two attached hydrogens (primary N) is 1. The number of para-hydroxylation sites is 1. The second kappa shape index (κ2) is 5.09. The number of nitrogens with zero attached hydrogens (tertiary/aromatic N) is 1. The van der Waals surface area contributed by atoms with Gasteiger partial charge in [0.1, 0.15) is 16.9 Å². The maximum absolute atomic E-state index is 12.8. The molecule has 4 aromatic rings. The lowest BCUT2D eigenvalue weighted by Gasteiger charge is -2.05. The summed E-state index contributed by atoms with van der Waals surface area (Å²) in [5.41, 5.74) is 7.17. The first kappa shape index (κ1) is 14.3. The number of benzene rings is 1. The fourth-order valence-corrected chi connectivity index (χ4v) is 2.74. The first-order chi connectivity index (χ1) is 11.6. The van der Waals surface area contributed by atoms with E-state index in [-0.39, 0.29) is 34.5 Å². The SMILES string of the molecule is CCOC(=O)c1cc2c(=O)c3[nH]c4ccccc4c3oc2nc1N. The number of anilines is 1. The zero-order valence-corrected chi connectivity index (χ0v) is 12.8. The number of H-pyrrole nitrogens is 1. The fourth-order valence-electron chi connectivity index (χ4n) is 2.74. The predicted octanol–water partition coefficient (Wildman–Crippen LogP) is 2.58. The van der Waals surface area contributed by atoms with Gasteiger partial charge in [0.25, 0.3) is 0 Å². The van der Waals surface area contributed by atoms with E-state index in [1.165, 1.54) is 6.07 Å². The molecular weight excluding hydrogens is 310 g/mol. The third-order valence-electron chi connectivity index (χ3n) is 3.84. The van der Waals surface area contributed by atoms with E-state index < -0.39 is 5.97 Å². The van der Waals surface area contributed by atoms with Gasteiger partial charge in [0.2, 0.25) is 11.1 Å². The quantitative estimate of drug-likeness (QED) is 0.548. The van der Waals surface area contributed by atoms with Crippen LogP contribution in [0.25, 0.3) is 33.1 Å². The van der Waals surface area contributed by atoms with Gasteiger partial charge in [-0.2, -0.15) is 4.98 Å². The molecule has 0 radical (unpaired) electrons. The van der Waals surface area contributed by atoms with Crippen LogP contribution >= 0.6 is 0 Å². The van der Waals surface area contributed by atoms with Crippen LogP contribution in [-0.2, 0) is 4.74 Å². The molecule has 0 spiro atoms. The first-order valence-corrected chi connectivity index (χ1v) is 7.41. The Labute approximate surface area is 135 Å². The lowest BCUT2D eigenvalue weighted by molar-refractivity contribution is 0.0527. The third-order valence-corrected chi connectivity index (χ3v) is 3.84. The van der Waals surface area contributed by atoms with Crippen LogP contribution in [0.1, 0.15) is 17.3 Å². The van der Waals surface area contributed by atoms with Gasteiger partial charge in [-0.15, -0.1) is 0 Å². The van der Waals surface area contributed by atoms with E-state index >= 15 is 0 Å². The number of carbonyl (C=O) groups excluding carboxylic acids is 1. The van der Waals surface area contributed by atoms with Gasteiger partial charge >= 0.3 is 5.97 Å². The van der Waals surface area contributed by atoms with Crippen molar-refractivity contribution < 1.29 is 13.9 Å². The maximum Gasteiger partial charge on any atom is 0.341 e. The number of carbonyl (C=O) groups is 1. The van der Waals surface area contributed by atoms with Crippen LogP contribution in [-0.4, -0.2) is 22.5 Å². The van der Waals surface area contributed by atoms with E-state index in [0.29, 0.717) is 11.1 Å². The van der Waals surface area contributed by atoms with Gasteiger partial charge in [0.05, 0.1) is 12.0 Å². The lowest BCUT2D eigenvalue weighted by Crippen LogP contribution is -2.12. The molecule has 0 aliphatic heterocycles. The largest absolute Gasteiger partial charge is 0.462 e. The molecule has 24 heavy (non-hydrogen) atoms. The molecule has 120 valence electrons. The molecule has 3 aromatic heterocycles. The molecule has 0 aliphatic carbocycles. The van der Waals surface area contributed by atoms with Crippen molar-refractivity contribution in [3.8, 4) is 0 Å². The summed E-state index contributed by atoms with van der Waals surface area (Å²) in [6.07, 6.45) is 0. The molecule has 4 rings (SSSR count). The van der Waals surface area contributed by atoms with Gasteiger partial charge in [0, 0.05) is 10.9 Å². The number of nitrogens with one attached hydrogen (secondary N) is 1. The lowest BCUT2D eigenvalue weighted by atomic mass is 10.2. The molecule has 0 aliphatic rings. The van der Waals surface area contributed by atoms with Crippen molar-refractivity contribution in [2.75, 3.05) is 12.3 Å². The molecule has 0 saturated heterocycles. The molecule has 0 unspecified atom stereocenters. The summed E-state index contributed by atoms with van der Waals surface area (Å²) in [6.45, 7) is 1.89. The number of fused-ring (bicyclic) bond motifs is 4. The number of pyridine rings is 1. The van der Waals surface area contributed by atoms with Gasteiger partial charge < -0.3 is 19.9 Å². The predicted molar refractivity (Wildman–Crippen MR) is 90.0 cm³/mol. The zero-order valence-electron chi connectivity index (χ0n) is 12.8. The standard InChI is InChI=1S/C17H13N3O4/c1-2-23-17(22)10-7-9-13(21)12-14(24-16(9)20-15(10)18)8-5-3-4-6-11(8)19-12/h3-7,19H,2H2,1H3,(H2,18,20). The summed E-state index contributed by atoms with van der Waals surface area (Å²) >= 11 is 0. The van der Waals surface area contributed by atoms with Crippen molar-refractivity contribution in [3.05, 3.63) is 46.1 Å². The van der Waals surface area contributed by atoms with Gasteiger partial charge in [0.15, 0.2) is 5.58 Å². The molecule has 0 atom stereocenters. The Morgan fingerprint density at radius 3 is 2.92 bits per heavy atom. The van der Waals surface area contributed by atoms with E-state index in [4.69, 9.17) is 14.9 Å². The Hall–Kier alpha value is -3.35. The van der Waals surface area contributed by atoms with E-state index in [2.05, 4.69) is 9.97 Å². The highest BCUT2D eigenvalue weighted by atomic mass is 16.5. The third kappa shape index (κ3) is 1.95. The van der Waals surface area contributed by atoms with Crippen molar-refractivity contribution in [2.24, 2.45) is 0 Å². The molecular formula is C17H13N3O4. The topological polar surface area (TPSA) is 111 Å². The number of hydrogen-bond acceptors (Lipinski definition) is 6. The summed E-state index contributed by atoms with van der Waals surface area (Å²) in [5.74, 6) is -0.663. The van der Waals surface area contributed by atoms with Gasteiger partial charge in [-0.1, -0.05) is 12.1 Å². The van der Waals surface area contributed by atoms with Gasteiger partial charge in [-0.05, 0) is 25.1 Å². The Bertz CT molecular complexity index is 1170. The molecule has 0 saturated carbocycles. The van der Waals surface area contributed by atoms with E-state index in [1.807, 2.05) is 24.3 Å². The highest BCUT2D eigenvalue weighted by molar-refractivity contribution is 6.06. The zero-order chi connectivity index (χ0) is 16.8. The first-order valence-electron chi connectivity index (χ1n) is 7.41. The average molecular weight is 323 g/mol. The van der Waals surface area contributed by atoms with Crippen LogP contribution in [0.5, 0.6) is 0 Å². The number of ether oxygens (including phenoxy) is 1. The summed E-state index contributed by atoms with van der Waals surface area (Å²) in [4.78, 5) is 31.8. The average Bonchev–Trinajstić information content (AvgIpc) is 2.94. The highest BCUT2D eigenvalue weighted by Gasteiger charge is 2.19. The van der Waals surface area contributed by atoms with Crippen molar-refractivity contribution in [1.82, 2.24) is 9.97 Å². The van der Waals surface area contributed by atoms with Crippen molar-refractivity contribution in [2.45, 2.75) is 6.92 Å². The second-order valence-electron chi connectivity index (χ2n) is 5.30. The van der Waals surface area contributed by atoms with Crippen LogP contribution in [0, 0.1) is 0 Å². The number of nitrogen functional groups attached to an aromatic ring is 1. The number of rotatable bonds is 2. The maximum atomic E-state index is 12.8. The minimum atomic E-state index is -0.624. The number of hydrogen-bond donors (Lipinski definition) is 2. The highest BCUT2D eigenvalue weighted by Crippen LogP contribution is 2.27. The monoisotopic (exact) mass is 323 g/mol. The number of aromatic amines is 1. The van der Waals surface area contributed by atoms with Crippen molar-refractivity contribution in [3.63, 3.8) is 0 Å². The molecule has 0 fully saturated rings. The van der Waals surface area contributed by atoms with Crippen molar-refractivity contribution >= 4 is 44.9 Å². The normalized spacial score (nSPS) is 11.4. The van der Waals surface area contributed by atoms with Gasteiger partial charge in [-0.3, -0.25) is 4.79 Å². The van der Waals surface area contributed by atoms with Crippen molar-refractivity contribution in [1.29, 1.82) is 0 Å². The van der Waals surface area contributed by atoms with E-state index in [9.17, 15) is 9.59 Å². The number of esters is 1. The summed E-state index contributed by atoms with van der Waals surface area (Å²) < 4.78 is 10.7. The summed E-state index contributed by atoms with van der Waals surface area (Å²) in [7, 11) is 0. The molecule has 3 N–H and O–H groups in total.